The molecule has 5 nitrogen and oxygen atoms in total. The zero-order valence-electron chi connectivity index (χ0n) is 10.8. The fourth-order valence-electron chi connectivity index (χ4n) is 2.00. The van der Waals surface area contributed by atoms with Crippen LogP contribution in [0, 0.1) is 20.0 Å². The van der Waals surface area contributed by atoms with Crippen LogP contribution in [0.2, 0.25) is 0 Å². The van der Waals surface area contributed by atoms with Gasteiger partial charge in [0.15, 0.2) is 0 Å². The molecular weight excluding hydrogens is 312 g/mol. The van der Waals surface area contributed by atoms with Crippen LogP contribution in [0.15, 0.2) is 30.3 Å². The third kappa shape index (κ3) is 4.82. The fraction of sp³-hybridized carbons (Fsp3) is 0.133. The first-order chi connectivity index (χ1) is 9.86. The summed E-state index contributed by atoms with van der Waals surface area (Å²) in [6.45, 7) is 14.2. The summed E-state index contributed by atoms with van der Waals surface area (Å²) in [6, 6.07) is 9.59. The molecule has 1 heterocycles. The van der Waals surface area contributed by atoms with E-state index in [1.54, 1.807) is 0 Å². The van der Waals surface area contributed by atoms with Gasteiger partial charge >= 0.3 is 33.9 Å². The predicted molar refractivity (Wildman–Crippen MR) is 66.6 cm³/mol. The Morgan fingerprint density at radius 2 is 1.48 bits per heavy atom. The van der Waals surface area contributed by atoms with E-state index in [9.17, 15) is 5.11 Å². The second-order valence-electron chi connectivity index (χ2n) is 3.53. The maximum absolute atomic E-state index is 9.78. The molecular formula is C15H10CrO5. The minimum absolute atomic E-state index is 0. The quantitative estimate of drug-likeness (QED) is 0.596. The minimum atomic E-state index is 0. The minimum Gasteiger partial charge on any atom is 0 e. The van der Waals surface area contributed by atoms with Crippen molar-refractivity contribution in [2.24, 2.45) is 0 Å². The maximum atomic E-state index is 9.78. The zero-order valence-corrected chi connectivity index (χ0v) is 12.1. The summed E-state index contributed by atoms with van der Waals surface area (Å²) in [6.07, 6.45) is 0.897. The summed E-state index contributed by atoms with van der Waals surface area (Å²) in [5, 5.41) is 11.7. The van der Waals surface area contributed by atoms with Crippen LogP contribution < -0.4 is 4.74 Å². The van der Waals surface area contributed by atoms with Crippen LogP contribution in [0.25, 0.3) is 10.8 Å². The van der Waals surface area contributed by atoms with Gasteiger partial charge in [-0.3, -0.25) is 0 Å². The maximum Gasteiger partial charge on any atom is 0 e. The van der Waals surface area contributed by atoms with Crippen molar-refractivity contribution in [3.63, 3.8) is 0 Å². The van der Waals surface area contributed by atoms with Gasteiger partial charge < -0.3 is 9.84 Å². The van der Waals surface area contributed by atoms with Crippen molar-refractivity contribution in [3.8, 4) is 11.5 Å². The van der Waals surface area contributed by atoms with E-state index in [0.717, 1.165) is 35.1 Å². The van der Waals surface area contributed by atoms with E-state index in [0.29, 0.717) is 5.75 Å². The topological polar surface area (TPSA) is 89.2 Å². The van der Waals surface area contributed by atoms with E-state index >= 15 is 0 Å². The van der Waals surface area contributed by atoms with Crippen molar-refractivity contribution in [3.05, 3.63) is 55.8 Å². The van der Waals surface area contributed by atoms with Crippen molar-refractivity contribution in [2.45, 2.75) is 6.42 Å². The molecule has 106 valence electrons. The van der Waals surface area contributed by atoms with Gasteiger partial charge in [0.25, 0.3) is 0 Å². The second kappa shape index (κ2) is 11.8. The second-order valence-corrected chi connectivity index (χ2v) is 3.53. The average Bonchev–Trinajstić information content (AvgIpc) is 3.02. The Bertz CT molecular complexity index is 617. The molecule has 0 atom stereocenters. The third-order valence-electron chi connectivity index (χ3n) is 2.67. The molecule has 0 unspecified atom stereocenters. The standard InChI is InChI=1S/C12H10O2.3CO.Cr/c13-11-7-8-5-6-14-12(8)10-4-2-1-3-9(10)11;3*1-2;/h1-4,7,13H,5-6H2;;;;. The molecule has 2 aromatic rings. The summed E-state index contributed by atoms with van der Waals surface area (Å²) in [5.41, 5.74) is 1.11. The number of rotatable bonds is 0. The summed E-state index contributed by atoms with van der Waals surface area (Å²) < 4.78 is 28.1. The van der Waals surface area contributed by atoms with Crippen LogP contribution in [-0.4, -0.2) is 11.7 Å². The van der Waals surface area contributed by atoms with Gasteiger partial charge in [0.1, 0.15) is 11.5 Å². The Balaban J connectivity index is 0. The number of aromatic hydroxyl groups is 1. The van der Waals surface area contributed by atoms with E-state index in [1.807, 2.05) is 30.3 Å². The van der Waals surface area contributed by atoms with Crippen LogP contribution in [0.5, 0.6) is 11.5 Å². The summed E-state index contributed by atoms with van der Waals surface area (Å²) >= 11 is 0. The van der Waals surface area contributed by atoms with Crippen LogP contribution in [0.1, 0.15) is 5.56 Å². The molecule has 0 saturated carbocycles. The molecule has 0 fully saturated rings. The van der Waals surface area contributed by atoms with Gasteiger partial charge in [-0.25, -0.2) is 0 Å². The Labute approximate surface area is 132 Å². The molecule has 6 heteroatoms. The van der Waals surface area contributed by atoms with Crippen LogP contribution >= 0.6 is 0 Å². The SMILES string of the molecule is Oc1cc2c(c3ccccc13)OCC2.[C-]#[O+].[C-]#[O+].[C-]#[O+].[Cr]. The molecule has 0 spiro atoms. The van der Waals surface area contributed by atoms with Gasteiger partial charge in [0, 0.05) is 40.1 Å². The molecule has 0 amide bonds. The zero-order chi connectivity index (χ0) is 15.5. The molecule has 0 saturated heterocycles. The smallest absolute Gasteiger partial charge is 0 e. The van der Waals surface area contributed by atoms with Crippen LogP contribution in [-0.2, 0) is 37.7 Å². The number of hydrogen-bond acceptors (Lipinski definition) is 2. The molecule has 1 N–H and O–H groups in total. The number of hydrogen-bond donors (Lipinski definition) is 1. The van der Waals surface area contributed by atoms with Crippen molar-refractivity contribution in [1.29, 1.82) is 0 Å². The van der Waals surface area contributed by atoms with Gasteiger partial charge in [-0.2, -0.15) is 0 Å². The third-order valence-corrected chi connectivity index (χ3v) is 2.67. The Morgan fingerprint density at radius 1 is 0.952 bits per heavy atom. The molecule has 0 bridgehead atoms. The average molecular weight is 322 g/mol. The summed E-state index contributed by atoms with van der Waals surface area (Å²) in [4.78, 5) is 0. The van der Waals surface area contributed by atoms with E-state index < -0.39 is 0 Å². The number of ether oxygens (including phenoxy) is 1. The fourth-order valence-corrected chi connectivity index (χ4v) is 2.00. The number of fused-ring (bicyclic) bond motifs is 3. The number of benzene rings is 2. The number of phenolic OH excluding ortho intramolecular Hbond substituents is 1. The van der Waals surface area contributed by atoms with Gasteiger partial charge in [-0.15, -0.1) is 0 Å². The molecule has 2 aromatic carbocycles. The summed E-state index contributed by atoms with van der Waals surface area (Å²) in [7, 11) is 0. The predicted octanol–water partition coefficient (Wildman–Crippen LogP) is 2.37. The van der Waals surface area contributed by atoms with Gasteiger partial charge in [0.05, 0.1) is 6.61 Å². The molecule has 1 aliphatic heterocycles. The van der Waals surface area contributed by atoms with E-state index in [-0.39, 0.29) is 17.4 Å². The van der Waals surface area contributed by atoms with Gasteiger partial charge in [-0.1, -0.05) is 24.3 Å². The Kier molecular flexibility index (Phi) is 12.0. The molecule has 1 aliphatic rings. The largest absolute Gasteiger partial charge is 0 e. The van der Waals surface area contributed by atoms with E-state index in [4.69, 9.17) is 18.7 Å². The van der Waals surface area contributed by atoms with Crippen LogP contribution in [0.4, 0.5) is 0 Å². The number of phenols is 1. The Hall–Kier alpha value is -1.95. The first-order valence-corrected chi connectivity index (χ1v) is 5.34. The van der Waals surface area contributed by atoms with Crippen molar-refractivity contribution >= 4 is 10.8 Å². The Morgan fingerprint density at radius 3 is 2.05 bits per heavy atom. The van der Waals surface area contributed by atoms with Crippen molar-refractivity contribution < 1.29 is 41.2 Å². The van der Waals surface area contributed by atoms with E-state index in [2.05, 4.69) is 20.0 Å². The van der Waals surface area contributed by atoms with Gasteiger partial charge in [0.2, 0.25) is 0 Å². The molecule has 21 heavy (non-hydrogen) atoms. The van der Waals surface area contributed by atoms with Crippen molar-refractivity contribution in [2.75, 3.05) is 6.61 Å². The van der Waals surface area contributed by atoms with Crippen LogP contribution in [0.3, 0.4) is 0 Å². The van der Waals surface area contributed by atoms with Gasteiger partial charge in [-0.05, 0) is 6.07 Å². The first kappa shape index (κ1) is 21.4. The van der Waals surface area contributed by atoms with E-state index in [1.165, 1.54) is 0 Å². The molecule has 0 aliphatic carbocycles. The monoisotopic (exact) mass is 322 g/mol. The first-order valence-electron chi connectivity index (χ1n) is 5.34. The summed E-state index contributed by atoms with van der Waals surface area (Å²) in [5.74, 6) is 1.29. The molecule has 0 aromatic heterocycles. The normalized spacial score (nSPS) is 9.62. The van der Waals surface area contributed by atoms with Crippen molar-refractivity contribution in [1.82, 2.24) is 0 Å². The molecule has 0 radical (unpaired) electrons. The molecule has 3 rings (SSSR count).